The van der Waals surface area contributed by atoms with Gasteiger partial charge in [-0.1, -0.05) is 60.9 Å². The van der Waals surface area contributed by atoms with E-state index in [2.05, 4.69) is 49.0 Å². The molecule has 3 aromatic heterocycles. The summed E-state index contributed by atoms with van der Waals surface area (Å²) in [5.74, 6) is -6.38. The van der Waals surface area contributed by atoms with Crippen LogP contribution in [0, 0.1) is 5.92 Å². The zero-order valence-corrected chi connectivity index (χ0v) is 40.8. The monoisotopic (exact) mass is 1010 g/mol. The highest BCUT2D eigenvalue weighted by molar-refractivity contribution is 7.17. The van der Waals surface area contributed by atoms with E-state index in [0.29, 0.717) is 31.4 Å². The van der Waals surface area contributed by atoms with E-state index in [0.717, 1.165) is 51.1 Å². The van der Waals surface area contributed by atoms with Gasteiger partial charge in [-0.3, -0.25) is 38.4 Å². The van der Waals surface area contributed by atoms with Gasteiger partial charge in [0, 0.05) is 35.5 Å². The molecule has 0 spiro atoms. The van der Waals surface area contributed by atoms with Crippen molar-refractivity contribution in [2.24, 2.45) is 23.1 Å². The Hall–Kier alpha value is -6.78. The second-order valence-electron chi connectivity index (χ2n) is 18.7. The van der Waals surface area contributed by atoms with Crippen LogP contribution in [-0.2, 0) is 44.8 Å². The predicted octanol–water partition coefficient (Wildman–Crippen LogP) is 1.85. The number of carbonyl (C=O) groups excluding carboxylic acids is 8. The van der Waals surface area contributed by atoms with Crippen molar-refractivity contribution in [2.75, 3.05) is 13.1 Å². The molecular weight excluding hydrogens is 949 g/mol. The maximum absolute atomic E-state index is 15.4. The molecule has 0 radical (unpaired) electrons. The summed E-state index contributed by atoms with van der Waals surface area (Å²) in [4.78, 5) is 114. The van der Waals surface area contributed by atoms with Gasteiger partial charge in [0.25, 0.3) is 0 Å². The summed E-state index contributed by atoms with van der Waals surface area (Å²) in [6.07, 6.45) is 12.1. The minimum atomic E-state index is -1.56. The van der Waals surface area contributed by atoms with E-state index in [9.17, 15) is 28.8 Å². The number of hydrogen-bond acceptors (Lipinski definition) is 13. The van der Waals surface area contributed by atoms with E-state index >= 15 is 9.59 Å². The van der Waals surface area contributed by atoms with Crippen LogP contribution in [-0.4, -0.2) is 116 Å². The summed E-state index contributed by atoms with van der Waals surface area (Å²) >= 11 is 3.05. The highest BCUT2D eigenvalue weighted by atomic mass is 32.1. The standard InChI is InChI=1S/C49H60N12O8S2/c50-32-22-42(63)53-19-9-8-15-33(44(52)64)54-46(66)34(20-29-26-70-39-16-7-6-14-31(29)39)56-48(68)37-21-30(61-25-36(58-59-61)40-18-17-38(71-40)27-10-4-5-11-27)24-60(37)49(69)43(28-12-2-1-3-13-28)57-47(67)35(23-41(51)62)55-45(32)65/h4-7,10,14,16-18,25-26,28,30,32-35,37,43H,1-3,8-9,11-13,15,19-24,50H2,(H2,51,62)(H2,52,64)(H,53,63)(H,54,66)(H,55,65)(H,56,68)(H,57,67)/t30-,32-,33-,34-,35-,37-,43-/m0/s1. The van der Waals surface area contributed by atoms with Crippen LogP contribution >= 0.6 is 22.7 Å². The Balaban J connectivity index is 1.15. The van der Waals surface area contributed by atoms with Crippen molar-refractivity contribution < 1.29 is 38.4 Å². The molecule has 3 fully saturated rings. The predicted molar refractivity (Wildman–Crippen MR) is 267 cm³/mol. The van der Waals surface area contributed by atoms with Crippen molar-refractivity contribution in [1.82, 2.24) is 46.5 Å². The van der Waals surface area contributed by atoms with Gasteiger partial charge in [0.1, 0.15) is 35.9 Å². The number of carbonyl (C=O) groups is 8. The van der Waals surface area contributed by atoms with Crippen molar-refractivity contribution in [3.8, 4) is 10.6 Å². The number of nitrogens with two attached hydrogens (primary N) is 3. The van der Waals surface area contributed by atoms with Crippen molar-refractivity contribution in [1.29, 1.82) is 0 Å². The molecule has 2 saturated heterocycles. The number of primary amides is 2. The van der Waals surface area contributed by atoms with Crippen LogP contribution in [0.1, 0.15) is 93.5 Å². The van der Waals surface area contributed by atoms with Gasteiger partial charge < -0.3 is 48.7 Å². The van der Waals surface area contributed by atoms with E-state index in [-0.39, 0.29) is 32.4 Å². The first-order chi connectivity index (χ1) is 34.2. The third kappa shape index (κ3) is 12.4. The number of benzene rings is 1. The number of thiophene rings is 2. The first kappa shape index (κ1) is 50.6. The summed E-state index contributed by atoms with van der Waals surface area (Å²) in [6, 6.07) is 3.28. The zero-order chi connectivity index (χ0) is 50.2. The number of nitrogens with zero attached hydrogens (tertiary/aromatic N) is 4. The van der Waals surface area contributed by atoms with Crippen LogP contribution in [0.3, 0.4) is 0 Å². The summed E-state index contributed by atoms with van der Waals surface area (Å²) in [7, 11) is 0. The molecule has 8 amide bonds. The molecule has 22 heteroatoms. The number of aromatic nitrogens is 3. The largest absolute Gasteiger partial charge is 0.370 e. The molecule has 5 heterocycles. The minimum Gasteiger partial charge on any atom is -0.370 e. The lowest BCUT2D eigenvalue weighted by molar-refractivity contribution is -0.144. The molecule has 7 atom stereocenters. The van der Waals surface area contributed by atoms with Crippen molar-refractivity contribution >= 4 is 85.6 Å². The molecule has 2 aliphatic carbocycles. The van der Waals surface area contributed by atoms with Crippen LogP contribution in [0.15, 0.2) is 66.2 Å². The lowest BCUT2D eigenvalue weighted by atomic mass is 9.83. The molecule has 1 aromatic carbocycles. The molecule has 8 rings (SSSR count). The first-order valence-corrected chi connectivity index (χ1v) is 25.9. The second-order valence-corrected chi connectivity index (χ2v) is 20.7. The molecule has 1 saturated carbocycles. The second kappa shape index (κ2) is 23.0. The quantitative estimate of drug-likeness (QED) is 0.120. The minimum absolute atomic E-state index is 0.0290. The van der Waals surface area contributed by atoms with Gasteiger partial charge in [-0.25, -0.2) is 4.68 Å². The fourth-order valence-corrected chi connectivity index (χ4v) is 11.8. The molecule has 11 N–H and O–H groups in total. The third-order valence-electron chi connectivity index (χ3n) is 13.7. The summed E-state index contributed by atoms with van der Waals surface area (Å²) < 4.78 is 2.60. The molecular formula is C49H60N12O8S2. The lowest BCUT2D eigenvalue weighted by Gasteiger charge is -2.35. The van der Waals surface area contributed by atoms with E-state index < -0.39 is 108 Å². The Morgan fingerprint density at radius 1 is 0.817 bits per heavy atom. The Morgan fingerprint density at radius 2 is 1.56 bits per heavy atom. The maximum Gasteiger partial charge on any atom is 0.246 e. The summed E-state index contributed by atoms with van der Waals surface area (Å²) in [5, 5.41) is 25.5. The normalized spacial score (nSPS) is 26.0. The van der Waals surface area contributed by atoms with E-state index in [1.165, 1.54) is 21.8 Å². The summed E-state index contributed by atoms with van der Waals surface area (Å²) in [6.45, 7) is 0.0983. The molecule has 0 unspecified atom stereocenters. The molecule has 376 valence electrons. The molecule has 4 aliphatic rings. The number of amides is 8. The van der Waals surface area contributed by atoms with E-state index in [1.807, 2.05) is 47.9 Å². The first-order valence-electron chi connectivity index (χ1n) is 24.2. The Kier molecular flexibility index (Phi) is 16.4. The maximum atomic E-state index is 15.4. The van der Waals surface area contributed by atoms with Gasteiger partial charge in [0.15, 0.2) is 0 Å². The van der Waals surface area contributed by atoms with Gasteiger partial charge in [-0.05, 0) is 84.5 Å². The highest BCUT2D eigenvalue weighted by Crippen LogP contribution is 2.36. The van der Waals surface area contributed by atoms with Gasteiger partial charge >= 0.3 is 0 Å². The highest BCUT2D eigenvalue weighted by Gasteiger charge is 2.46. The lowest BCUT2D eigenvalue weighted by Crippen LogP contribution is -2.61. The Labute approximate surface area is 417 Å². The number of hydrogen-bond donors (Lipinski definition) is 8. The number of fused-ring (bicyclic) bond motifs is 2. The average Bonchev–Trinajstić information content (AvgIpc) is 4.22. The third-order valence-corrected chi connectivity index (χ3v) is 15.9. The summed E-state index contributed by atoms with van der Waals surface area (Å²) in [5.41, 5.74) is 20.1. The van der Waals surface area contributed by atoms with Crippen LogP contribution in [0.2, 0.25) is 0 Å². The Morgan fingerprint density at radius 3 is 2.32 bits per heavy atom. The average molecular weight is 1010 g/mol. The fraction of sp³-hybridized carbons (Fsp3) is 0.469. The number of allylic oxidation sites excluding steroid dienone is 4. The molecule has 4 aromatic rings. The SMILES string of the molecule is NC(=O)C[C@@H]1NC(=O)[C@@H](N)CC(=O)NCCCC[C@@H](C(N)=O)NC(=O)[C@H](Cc2csc3ccccc23)NC(=O)[C@@H]2C[C@H](n3cc(-c4ccc(C5=CC=CC5)s4)nn3)CN2C(=O)[C@H](C2CCCCC2)NC1=O. The van der Waals surface area contributed by atoms with Crippen LogP contribution < -0.4 is 43.8 Å². The van der Waals surface area contributed by atoms with E-state index in [1.54, 1.807) is 22.2 Å². The van der Waals surface area contributed by atoms with Gasteiger partial charge in [-0.2, -0.15) is 0 Å². The zero-order valence-electron chi connectivity index (χ0n) is 39.2. The molecule has 71 heavy (non-hydrogen) atoms. The number of rotatable bonds is 9. The number of nitrogens with one attached hydrogen (secondary N) is 5. The van der Waals surface area contributed by atoms with Crippen molar-refractivity contribution in [2.45, 2.75) is 126 Å². The van der Waals surface area contributed by atoms with Gasteiger partial charge in [0.05, 0.1) is 36.0 Å². The fourth-order valence-electron chi connectivity index (χ4n) is 9.83. The van der Waals surface area contributed by atoms with Crippen molar-refractivity contribution in [3.05, 3.63) is 76.6 Å². The van der Waals surface area contributed by atoms with Gasteiger partial charge in [0.2, 0.25) is 47.3 Å². The molecule has 2 aliphatic heterocycles. The topological polar surface area (TPSA) is 309 Å². The van der Waals surface area contributed by atoms with Crippen LogP contribution in [0.4, 0.5) is 0 Å². The van der Waals surface area contributed by atoms with E-state index in [4.69, 9.17) is 17.2 Å². The van der Waals surface area contributed by atoms with Crippen LogP contribution in [0.5, 0.6) is 0 Å². The Bertz CT molecular complexity index is 2720. The molecule has 0 bridgehead atoms. The molecule has 20 nitrogen and oxygen atoms in total. The van der Waals surface area contributed by atoms with Crippen LogP contribution in [0.25, 0.3) is 26.2 Å². The smallest absolute Gasteiger partial charge is 0.246 e. The van der Waals surface area contributed by atoms with Gasteiger partial charge in [-0.15, -0.1) is 27.8 Å². The van der Waals surface area contributed by atoms with Crippen molar-refractivity contribution in [3.63, 3.8) is 0 Å².